The lowest BCUT2D eigenvalue weighted by Crippen LogP contribution is -2.48. The summed E-state index contributed by atoms with van der Waals surface area (Å²) >= 11 is 0. The van der Waals surface area contributed by atoms with Crippen molar-refractivity contribution in [2.45, 2.75) is 24.5 Å². The third kappa shape index (κ3) is 4.69. The van der Waals surface area contributed by atoms with E-state index < -0.39 is 21.8 Å². The number of nitrogens with zero attached hydrogens (tertiary/aromatic N) is 4. The zero-order chi connectivity index (χ0) is 22.9. The van der Waals surface area contributed by atoms with Crippen LogP contribution in [0.5, 0.6) is 0 Å². The third-order valence-corrected chi connectivity index (χ3v) is 7.24. The number of aryl methyl sites for hydroxylation is 1. The second-order valence-corrected chi connectivity index (χ2v) is 9.47. The molecule has 0 saturated carbocycles. The van der Waals surface area contributed by atoms with Crippen LogP contribution in [0.25, 0.3) is 11.4 Å². The number of hydrogen-bond donors (Lipinski definition) is 0. The zero-order valence-corrected chi connectivity index (χ0v) is 18.0. The standard InChI is InChI=1S/C21H21F3N4O3S/c1-15-5-2-3-8-18(15)20-25-19(31-26-20)14-27-9-11-28(12-10-27)32(29,30)17-7-4-6-16(13-17)21(22,23)24/h2-8,13H,9-12,14H2,1H3. The van der Waals surface area contributed by atoms with Gasteiger partial charge in [-0.2, -0.15) is 22.5 Å². The summed E-state index contributed by atoms with van der Waals surface area (Å²) in [5.74, 6) is 0.904. The normalized spacial score (nSPS) is 16.4. The van der Waals surface area contributed by atoms with E-state index in [0.29, 0.717) is 37.4 Å². The van der Waals surface area contributed by atoms with Crippen molar-refractivity contribution in [2.75, 3.05) is 26.2 Å². The van der Waals surface area contributed by atoms with E-state index in [2.05, 4.69) is 10.1 Å². The van der Waals surface area contributed by atoms with E-state index in [9.17, 15) is 21.6 Å². The smallest absolute Gasteiger partial charge is 0.338 e. The molecular formula is C21H21F3N4O3S. The first-order valence-corrected chi connectivity index (χ1v) is 11.4. The van der Waals surface area contributed by atoms with Crippen molar-refractivity contribution >= 4 is 10.0 Å². The van der Waals surface area contributed by atoms with Crippen molar-refractivity contribution in [1.82, 2.24) is 19.3 Å². The van der Waals surface area contributed by atoms with E-state index in [0.717, 1.165) is 23.3 Å². The minimum Gasteiger partial charge on any atom is -0.338 e. The summed E-state index contributed by atoms with van der Waals surface area (Å²) in [5.41, 5.74) is 0.908. The largest absolute Gasteiger partial charge is 0.416 e. The summed E-state index contributed by atoms with van der Waals surface area (Å²) in [6.07, 6.45) is -4.61. The van der Waals surface area contributed by atoms with E-state index in [4.69, 9.17) is 4.52 Å². The maximum atomic E-state index is 13.0. The van der Waals surface area contributed by atoms with Crippen molar-refractivity contribution in [2.24, 2.45) is 0 Å². The highest BCUT2D eigenvalue weighted by Crippen LogP contribution is 2.31. The van der Waals surface area contributed by atoms with Crippen LogP contribution in [0, 0.1) is 6.92 Å². The van der Waals surface area contributed by atoms with Gasteiger partial charge < -0.3 is 4.52 Å². The molecule has 0 atom stereocenters. The van der Waals surface area contributed by atoms with Gasteiger partial charge in [0.25, 0.3) is 0 Å². The average Bonchev–Trinajstić information content (AvgIpc) is 3.22. The SMILES string of the molecule is Cc1ccccc1-c1noc(CN2CCN(S(=O)(=O)c3cccc(C(F)(F)F)c3)CC2)n1. The minimum atomic E-state index is -4.61. The van der Waals surface area contributed by atoms with Gasteiger partial charge in [0, 0.05) is 31.7 Å². The van der Waals surface area contributed by atoms with Gasteiger partial charge >= 0.3 is 6.18 Å². The number of aromatic nitrogens is 2. The molecule has 1 aromatic heterocycles. The fourth-order valence-corrected chi connectivity index (χ4v) is 5.02. The van der Waals surface area contributed by atoms with Crippen LogP contribution in [0.2, 0.25) is 0 Å². The minimum absolute atomic E-state index is 0.150. The highest BCUT2D eigenvalue weighted by atomic mass is 32.2. The van der Waals surface area contributed by atoms with E-state index in [1.807, 2.05) is 36.1 Å². The number of benzene rings is 2. The monoisotopic (exact) mass is 466 g/mol. The van der Waals surface area contributed by atoms with Gasteiger partial charge in [0.15, 0.2) is 0 Å². The predicted molar refractivity (Wildman–Crippen MR) is 110 cm³/mol. The Balaban J connectivity index is 1.40. The average molecular weight is 466 g/mol. The van der Waals surface area contributed by atoms with E-state index in [-0.39, 0.29) is 18.0 Å². The fourth-order valence-electron chi connectivity index (χ4n) is 3.55. The summed E-state index contributed by atoms with van der Waals surface area (Å²) in [6, 6.07) is 11.5. The Hall–Kier alpha value is -2.76. The molecule has 0 spiro atoms. The lowest BCUT2D eigenvalue weighted by Gasteiger charge is -2.33. The number of alkyl halides is 3. The van der Waals surface area contributed by atoms with Gasteiger partial charge in [-0.15, -0.1) is 0 Å². The second kappa shape index (κ2) is 8.64. The molecule has 32 heavy (non-hydrogen) atoms. The molecule has 1 saturated heterocycles. The van der Waals surface area contributed by atoms with Crippen LogP contribution >= 0.6 is 0 Å². The number of halogens is 3. The van der Waals surface area contributed by atoms with Gasteiger partial charge in [-0.3, -0.25) is 4.90 Å². The lowest BCUT2D eigenvalue weighted by atomic mass is 10.1. The molecule has 0 radical (unpaired) electrons. The van der Waals surface area contributed by atoms with Crippen molar-refractivity contribution in [3.05, 3.63) is 65.5 Å². The van der Waals surface area contributed by atoms with Crippen LogP contribution in [0.4, 0.5) is 13.2 Å². The molecule has 0 amide bonds. The predicted octanol–water partition coefficient (Wildman–Crippen LogP) is 3.57. The first-order chi connectivity index (χ1) is 15.1. The number of rotatable bonds is 5. The quantitative estimate of drug-likeness (QED) is 0.572. The molecule has 2 heterocycles. The Kier molecular flexibility index (Phi) is 6.06. The van der Waals surface area contributed by atoms with E-state index in [1.54, 1.807) is 0 Å². The van der Waals surface area contributed by atoms with Gasteiger partial charge in [0.05, 0.1) is 17.0 Å². The highest BCUT2D eigenvalue weighted by molar-refractivity contribution is 7.89. The first kappa shape index (κ1) is 22.4. The molecule has 3 aromatic rings. The van der Waals surface area contributed by atoms with Crippen molar-refractivity contribution in [3.8, 4) is 11.4 Å². The molecule has 0 bridgehead atoms. The van der Waals surface area contributed by atoms with Gasteiger partial charge in [0.2, 0.25) is 21.7 Å². The molecule has 2 aromatic carbocycles. The lowest BCUT2D eigenvalue weighted by molar-refractivity contribution is -0.137. The fraction of sp³-hybridized carbons (Fsp3) is 0.333. The molecule has 0 N–H and O–H groups in total. The Labute approximate surface area is 183 Å². The highest BCUT2D eigenvalue weighted by Gasteiger charge is 2.34. The van der Waals surface area contributed by atoms with Crippen molar-refractivity contribution < 1.29 is 26.1 Å². The molecule has 1 aliphatic rings. The molecule has 11 heteroatoms. The van der Waals surface area contributed by atoms with Crippen LogP contribution in [-0.2, 0) is 22.7 Å². The van der Waals surface area contributed by atoms with Crippen molar-refractivity contribution in [1.29, 1.82) is 0 Å². The summed E-state index contributed by atoms with van der Waals surface area (Å²) in [5, 5.41) is 4.02. The van der Waals surface area contributed by atoms with Crippen LogP contribution < -0.4 is 0 Å². The topological polar surface area (TPSA) is 79.5 Å². The number of sulfonamides is 1. The molecule has 1 aliphatic heterocycles. The van der Waals surface area contributed by atoms with Gasteiger partial charge in [-0.25, -0.2) is 8.42 Å². The van der Waals surface area contributed by atoms with Crippen LogP contribution in [0.15, 0.2) is 57.9 Å². The Morgan fingerprint density at radius 1 is 1.03 bits per heavy atom. The number of hydrogen-bond acceptors (Lipinski definition) is 6. The molecule has 0 aliphatic carbocycles. The van der Waals surface area contributed by atoms with Crippen LogP contribution in [0.3, 0.4) is 0 Å². The maximum absolute atomic E-state index is 13.0. The van der Waals surface area contributed by atoms with Gasteiger partial charge in [-0.05, 0) is 30.7 Å². The maximum Gasteiger partial charge on any atom is 0.416 e. The van der Waals surface area contributed by atoms with Crippen LogP contribution in [-0.4, -0.2) is 53.9 Å². The molecule has 0 unspecified atom stereocenters. The molecule has 7 nitrogen and oxygen atoms in total. The first-order valence-electron chi connectivity index (χ1n) is 9.93. The molecule has 170 valence electrons. The zero-order valence-electron chi connectivity index (χ0n) is 17.2. The van der Waals surface area contributed by atoms with Gasteiger partial charge in [-0.1, -0.05) is 35.5 Å². The third-order valence-electron chi connectivity index (χ3n) is 5.34. The summed E-state index contributed by atoms with van der Waals surface area (Å²) in [7, 11) is -4.02. The molecule has 4 rings (SSSR count). The molecule has 1 fully saturated rings. The Bertz CT molecular complexity index is 1200. The number of piperazine rings is 1. The second-order valence-electron chi connectivity index (χ2n) is 7.53. The van der Waals surface area contributed by atoms with E-state index >= 15 is 0 Å². The molecular weight excluding hydrogens is 445 g/mol. The van der Waals surface area contributed by atoms with Crippen LogP contribution in [0.1, 0.15) is 17.0 Å². The van der Waals surface area contributed by atoms with Crippen molar-refractivity contribution in [3.63, 3.8) is 0 Å². The Morgan fingerprint density at radius 2 is 1.75 bits per heavy atom. The van der Waals surface area contributed by atoms with E-state index in [1.165, 1.54) is 10.4 Å². The summed E-state index contributed by atoms with van der Waals surface area (Å²) in [4.78, 5) is 6.03. The summed E-state index contributed by atoms with van der Waals surface area (Å²) in [6.45, 7) is 3.39. The Morgan fingerprint density at radius 3 is 2.44 bits per heavy atom. The van der Waals surface area contributed by atoms with Gasteiger partial charge in [0.1, 0.15) is 0 Å². The summed E-state index contributed by atoms with van der Waals surface area (Å²) < 4.78 is 71.1.